The van der Waals surface area contributed by atoms with E-state index < -0.39 is 0 Å². The summed E-state index contributed by atoms with van der Waals surface area (Å²) in [6, 6.07) is 2.60. The van der Waals surface area contributed by atoms with Gasteiger partial charge < -0.3 is 9.88 Å². The van der Waals surface area contributed by atoms with E-state index >= 15 is 0 Å². The van der Waals surface area contributed by atoms with Gasteiger partial charge in [0.25, 0.3) is 0 Å². The van der Waals surface area contributed by atoms with Crippen molar-refractivity contribution in [2.75, 3.05) is 11.9 Å². The Labute approximate surface area is 107 Å². The molecule has 4 heteroatoms. The maximum atomic E-state index is 4.47. The van der Waals surface area contributed by atoms with Crippen LogP contribution >= 0.6 is 0 Å². The molecule has 2 heterocycles. The normalized spacial score (nSPS) is 24.3. The lowest BCUT2D eigenvalue weighted by Gasteiger charge is -2.37. The van der Waals surface area contributed by atoms with Gasteiger partial charge in [0.1, 0.15) is 17.8 Å². The molecule has 1 saturated carbocycles. The van der Waals surface area contributed by atoms with E-state index in [1.165, 1.54) is 12.8 Å². The molecule has 2 aromatic rings. The van der Waals surface area contributed by atoms with Gasteiger partial charge in [0.05, 0.1) is 5.39 Å². The average Bonchev–Trinajstić information content (AvgIpc) is 2.86. The summed E-state index contributed by atoms with van der Waals surface area (Å²) in [6.45, 7) is 2.34. The van der Waals surface area contributed by atoms with Gasteiger partial charge >= 0.3 is 0 Å². The summed E-state index contributed by atoms with van der Waals surface area (Å²) >= 11 is 0. The SMILES string of the molecule is CC1CC[CH]CC1N(C)c1ncnc2[nH]ccc12. The lowest BCUT2D eigenvalue weighted by molar-refractivity contribution is 0.365. The van der Waals surface area contributed by atoms with E-state index in [-0.39, 0.29) is 0 Å². The van der Waals surface area contributed by atoms with E-state index in [9.17, 15) is 0 Å². The monoisotopic (exact) mass is 243 g/mol. The Hall–Kier alpha value is -1.58. The minimum absolute atomic E-state index is 0.548. The van der Waals surface area contributed by atoms with Gasteiger partial charge in [-0.1, -0.05) is 6.92 Å². The predicted octanol–water partition coefficient (Wildman–Crippen LogP) is 2.79. The van der Waals surface area contributed by atoms with Crippen LogP contribution in [0.1, 0.15) is 26.2 Å². The van der Waals surface area contributed by atoms with E-state index in [2.05, 4.69) is 46.3 Å². The second kappa shape index (κ2) is 4.59. The third-order valence-electron chi connectivity index (χ3n) is 4.06. The van der Waals surface area contributed by atoms with Gasteiger partial charge in [-0.15, -0.1) is 0 Å². The van der Waals surface area contributed by atoms with E-state index in [4.69, 9.17) is 0 Å². The molecule has 95 valence electrons. The maximum Gasteiger partial charge on any atom is 0.142 e. The summed E-state index contributed by atoms with van der Waals surface area (Å²) < 4.78 is 0. The largest absolute Gasteiger partial charge is 0.356 e. The zero-order chi connectivity index (χ0) is 12.5. The Balaban J connectivity index is 1.95. The molecule has 4 nitrogen and oxygen atoms in total. The first-order valence-corrected chi connectivity index (χ1v) is 6.60. The third-order valence-corrected chi connectivity index (χ3v) is 4.06. The molecule has 2 aromatic heterocycles. The molecular formula is C14H19N4. The lowest BCUT2D eigenvalue weighted by atomic mass is 9.85. The van der Waals surface area contributed by atoms with E-state index in [1.54, 1.807) is 6.33 Å². The number of hydrogen-bond donors (Lipinski definition) is 1. The van der Waals surface area contributed by atoms with Crippen molar-refractivity contribution in [3.05, 3.63) is 25.0 Å². The number of aromatic amines is 1. The highest BCUT2D eigenvalue weighted by molar-refractivity contribution is 5.87. The Morgan fingerprint density at radius 2 is 2.28 bits per heavy atom. The van der Waals surface area contributed by atoms with Crippen molar-refractivity contribution in [2.45, 2.75) is 32.2 Å². The first-order valence-electron chi connectivity index (χ1n) is 6.60. The van der Waals surface area contributed by atoms with Crippen LogP contribution in [0.15, 0.2) is 18.6 Å². The number of aromatic nitrogens is 3. The van der Waals surface area contributed by atoms with Crippen LogP contribution in [0, 0.1) is 12.3 Å². The average molecular weight is 243 g/mol. The van der Waals surface area contributed by atoms with Gasteiger partial charge in [0.15, 0.2) is 0 Å². The summed E-state index contributed by atoms with van der Waals surface area (Å²) in [5.74, 6) is 1.75. The number of nitrogens with one attached hydrogen (secondary N) is 1. The fourth-order valence-electron chi connectivity index (χ4n) is 2.93. The highest BCUT2D eigenvalue weighted by Gasteiger charge is 2.26. The minimum atomic E-state index is 0.548. The number of hydrogen-bond acceptors (Lipinski definition) is 3. The number of fused-ring (bicyclic) bond motifs is 1. The zero-order valence-electron chi connectivity index (χ0n) is 10.9. The number of nitrogens with zero attached hydrogens (tertiary/aromatic N) is 3. The molecule has 1 radical (unpaired) electrons. The van der Waals surface area contributed by atoms with E-state index in [1.807, 2.05) is 6.20 Å². The van der Waals surface area contributed by atoms with E-state index in [0.717, 1.165) is 23.3 Å². The van der Waals surface area contributed by atoms with Crippen molar-refractivity contribution in [2.24, 2.45) is 5.92 Å². The van der Waals surface area contributed by atoms with Crippen LogP contribution < -0.4 is 4.90 Å². The molecule has 1 aliphatic carbocycles. The second-order valence-electron chi connectivity index (χ2n) is 5.19. The first kappa shape index (κ1) is 11.5. The summed E-state index contributed by atoms with van der Waals surface area (Å²) in [5, 5.41) is 1.11. The van der Waals surface area contributed by atoms with Crippen LogP contribution in [0.25, 0.3) is 11.0 Å². The van der Waals surface area contributed by atoms with Crippen molar-refractivity contribution in [1.82, 2.24) is 15.0 Å². The molecule has 0 saturated heterocycles. The molecule has 0 bridgehead atoms. The topological polar surface area (TPSA) is 44.8 Å². The molecule has 1 N–H and O–H groups in total. The summed E-state index contributed by atoms with van der Waals surface area (Å²) in [7, 11) is 2.15. The standard InChI is InChI=1S/C14H19N4/c1-10-5-3-4-6-12(10)18(2)14-11-7-8-15-13(11)16-9-17-14/h4,7-10,12H,3,5-6H2,1-2H3,(H,15,16,17). The van der Waals surface area contributed by atoms with Crippen LogP contribution in [0.3, 0.4) is 0 Å². The Kier molecular flexibility index (Phi) is 2.94. The summed E-state index contributed by atoms with van der Waals surface area (Å²) in [5.41, 5.74) is 0.916. The molecule has 0 aliphatic heterocycles. The molecular weight excluding hydrogens is 224 g/mol. The van der Waals surface area contributed by atoms with Crippen LogP contribution in [0.4, 0.5) is 5.82 Å². The molecule has 1 aliphatic rings. The number of rotatable bonds is 2. The highest BCUT2D eigenvalue weighted by atomic mass is 15.2. The molecule has 0 aromatic carbocycles. The lowest BCUT2D eigenvalue weighted by Crippen LogP contribution is -2.39. The van der Waals surface area contributed by atoms with Crippen LogP contribution in [0.5, 0.6) is 0 Å². The molecule has 18 heavy (non-hydrogen) atoms. The summed E-state index contributed by atoms with van der Waals surface area (Å²) in [6.07, 6.45) is 9.63. The van der Waals surface area contributed by atoms with Crippen LogP contribution in [-0.2, 0) is 0 Å². The molecule has 0 spiro atoms. The van der Waals surface area contributed by atoms with Gasteiger partial charge in [0, 0.05) is 19.3 Å². The summed E-state index contributed by atoms with van der Waals surface area (Å²) in [4.78, 5) is 14.2. The van der Waals surface area contributed by atoms with Gasteiger partial charge in [-0.25, -0.2) is 9.97 Å². The second-order valence-corrected chi connectivity index (χ2v) is 5.19. The Bertz CT molecular complexity index is 533. The smallest absolute Gasteiger partial charge is 0.142 e. The van der Waals surface area contributed by atoms with Crippen molar-refractivity contribution in [3.63, 3.8) is 0 Å². The fourth-order valence-corrected chi connectivity index (χ4v) is 2.93. The van der Waals surface area contributed by atoms with Crippen LogP contribution in [-0.4, -0.2) is 28.0 Å². The van der Waals surface area contributed by atoms with Crippen LogP contribution in [0.2, 0.25) is 0 Å². The minimum Gasteiger partial charge on any atom is -0.356 e. The molecule has 2 atom stereocenters. The van der Waals surface area contributed by atoms with Crippen molar-refractivity contribution in [1.29, 1.82) is 0 Å². The molecule has 2 unspecified atom stereocenters. The van der Waals surface area contributed by atoms with Gasteiger partial charge in [0.2, 0.25) is 0 Å². The maximum absolute atomic E-state index is 4.47. The molecule has 0 amide bonds. The third kappa shape index (κ3) is 1.85. The number of H-pyrrole nitrogens is 1. The predicted molar refractivity (Wildman–Crippen MR) is 73.4 cm³/mol. The number of anilines is 1. The van der Waals surface area contributed by atoms with Gasteiger partial charge in [-0.3, -0.25) is 0 Å². The highest BCUT2D eigenvalue weighted by Crippen LogP contribution is 2.31. The Morgan fingerprint density at radius 1 is 1.39 bits per heavy atom. The quantitative estimate of drug-likeness (QED) is 0.882. The first-order chi connectivity index (χ1) is 8.77. The zero-order valence-corrected chi connectivity index (χ0v) is 10.9. The molecule has 3 rings (SSSR count). The van der Waals surface area contributed by atoms with E-state index in [0.29, 0.717) is 12.0 Å². The van der Waals surface area contributed by atoms with Crippen molar-refractivity contribution >= 4 is 16.9 Å². The van der Waals surface area contributed by atoms with Crippen molar-refractivity contribution < 1.29 is 0 Å². The molecule has 1 fully saturated rings. The van der Waals surface area contributed by atoms with Gasteiger partial charge in [-0.2, -0.15) is 0 Å². The van der Waals surface area contributed by atoms with Gasteiger partial charge in [-0.05, 0) is 37.7 Å². The Morgan fingerprint density at radius 3 is 3.11 bits per heavy atom. The van der Waals surface area contributed by atoms with Crippen molar-refractivity contribution in [3.8, 4) is 0 Å². The fraction of sp³-hybridized carbons (Fsp3) is 0.500.